The summed E-state index contributed by atoms with van der Waals surface area (Å²) in [5, 5.41) is 23.9. The molecule has 0 saturated carbocycles. The number of fused-ring (bicyclic) bond motifs is 3. The highest BCUT2D eigenvalue weighted by Crippen LogP contribution is 2.44. The maximum Gasteiger partial charge on any atom is 0.407 e. The summed E-state index contributed by atoms with van der Waals surface area (Å²) in [7, 11) is 0. The zero-order valence-electron chi connectivity index (χ0n) is 20.4. The van der Waals surface area contributed by atoms with Gasteiger partial charge in [0.2, 0.25) is 5.91 Å². The highest BCUT2D eigenvalue weighted by molar-refractivity contribution is 5.81. The molecular weight excluding hydrogens is 448 g/mol. The monoisotopic (exact) mass is 482 g/mol. The van der Waals surface area contributed by atoms with E-state index in [2.05, 4.69) is 34.9 Å². The molecule has 0 bridgehead atoms. The second-order valence-corrected chi connectivity index (χ2v) is 9.50. The molecule has 188 valence electrons. The van der Waals surface area contributed by atoms with Gasteiger partial charge in [-0.1, -0.05) is 61.9 Å². The normalized spacial score (nSPS) is 15.8. The smallest absolute Gasteiger partial charge is 0.407 e. The van der Waals surface area contributed by atoms with Gasteiger partial charge in [-0.3, -0.25) is 4.79 Å². The molecule has 35 heavy (non-hydrogen) atoms. The predicted molar refractivity (Wildman–Crippen MR) is 132 cm³/mol. The summed E-state index contributed by atoms with van der Waals surface area (Å²) in [6, 6.07) is 16.2. The molecule has 1 aliphatic carbocycles. The van der Waals surface area contributed by atoms with Gasteiger partial charge in [-0.2, -0.15) is 0 Å². The summed E-state index contributed by atoms with van der Waals surface area (Å²) in [6.45, 7) is 4.66. The number of benzene rings is 2. The first-order chi connectivity index (χ1) is 16.6. The van der Waals surface area contributed by atoms with Gasteiger partial charge in [-0.05, 0) is 48.9 Å². The number of hydrogen-bond acceptors (Lipinski definition) is 5. The average Bonchev–Trinajstić information content (AvgIpc) is 3.14. The summed E-state index contributed by atoms with van der Waals surface area (Å²) in [5.41, 5.74) is 2.67. The van der Waals surface area contributed by atoms with E-state index < -0.39 is 17.7 Å². The average molecular weight is 483 g/mol. The van der Waals surface area contributed by atoms with Crippen molar-refractivity contribution in [2.24, 2.45) is 5.92 Å². The lowest BCUT2D eigenvalue weighted by Crippen LogP contribution is -2.47. The van der Waals surface area contributed by atoms with Crippen molar-refractivity contribution in [1.82, 2.24) is 10.6 Å². The Kier molecular flexibility index (Phi) is 8.51. The molecule has 0 heterocycles. The van der Waals surface area contributed by atoms with Crippen LogP contribution in [0.5, 0.6) is 0 Å². The Balaban J connectivity index is 1.40. The molecular formula is C27H34N2O6. The van der Waals surface area contributed by atoms with Crippen molar-refractivity contribution in [2.45, 2.75) is 57.6 Å². The summed E-state index contributed by atoms with van der Waals surface area (Å²) >= 11 is 0. The molecule has 0 spiro atoms. The van der Waals surface area contributed by atoms with Gasteiger partial charge in [-0.25, -0.2) is 9.59 Å². The van der Waals surface area contributed by atoms with Gasteiger partial charge in [0.05, 0.1) is 6.54 Å². The largest absolute Gasteiger partial charge is 0.479 e. The fraction of sp³-hybridized carbons (Fsp3) is 0.444. The van der Waals surface area contributed by atoms with E-state index >= 15 is 0 Å². The van der Waals surface area contributed by atoms with Crippen LogP contribution < -0.4 is 10.6 Å². The lowest BCUT2D eigenvalue weighted by Gasteiger charge is -2.20. The third-order valence-corrected chi connectivity index (χ3v) is 6.50. The SMILES string of the molecule is CC(CCCC(C)C(=O)NCC(C)(O)C(=O)O)NC(=O)OCC1c2ccccc2-c2ccccc21. The molecule has 1 aliphatic rings. The third kappa shape index (κ3) is 6.60. The molecule has 2 aromatic rings. The van der Waals surface area contributed by atoms with E-state index in [0.29, 0.717) is 19.3 Å². The standard InChI is InChI=1S/C27H34N2O6/c1-17(24(30)28-16-27(3,34)25(31)32)9-8-10-18(2)29-26(33)35-15-23-21-13-6-4-11-19(21)20-12-5-7-14-22(20)23/h4-7,11-14,17-18,23,34H,8-10,15-16H2,1-3H3,(H,28,30)(H,29,33)(H,31,32). The highest BCUT2D eigenvalue weighted by Gasteiger charge is 2.31. The van der Waals surface area contributed by atoms with Crippen LogP contribution in [-0.2, 0) is 14.3 Å². The van der Waals surface area contributed by atoms with Crippen LogP contribution in [0.3, 0.4) is 0 Å². The number of carbonyl (C=O) groups excluding carboxylic acids is 2. The fourth-order valence-electron chi connectivity index (χ4n) is 4.28. The first-order valence-electron chi connectivity index (χ1n) is 11.9. The highest BCUT2D eigenvalue weighted by atomic mass is 16.5. The van der Waals surface area contributed by atoms with Crippen molar-refractivity contribution in [3.8, 4) is 11.1 Å². The molecule has 0 aliphatic heterocycles. The number of rotatable bonds is 11. The van der Waals surface area contributed by atoms with Crippen molar-refractivity contribution < 1.29 is 29.3 Å². The molecule has 2 amide bonds. The number of aliphatic hydroxyl groups is 1. The Labute approximate surface area is 205 Å². The number of carbonyl (C=O) groups is 3. The lowest BCUT2D eigenvalue weighted by molar-refractivity contribution is -0.156. The first-order valence-corrected chi connectivity index (χ1v) is 11.9. The molecule has 8 heteroatoms. The number of hydrogen-bond donors (Lipinski definition) is 4. The predicted octanol–water partition coefficient (Wildman–Crippen LogP) is 3.67. The molecule has 0 aromatic heterocycles. The van der Waals surface area contributed by atoms with Crippen molar-refractivity contribution in [1.29, 1.82) is 0 Å². The Morgan fingerprint density at radius 3 is 2.14 bits per heavy atom. The van der Waals surface area contributed by atoms with E-state index in [4.69, 9.17) is 9.84 Å². The molecule has 0 fully saturated rings. The van der Waals surface area contributed by atoms with Crippen LogP contribution >= 0.6 is 0 Å². The van der Waals surface area contributed by atoms with Crippen LogP contribution in [0.1, 0.15) is 57.1 Å². The molecule has 8 nitrogen and oxygen atoms in total. The lowest BCUT2D eigenvalue weighted by atomic mass is 9.98. The second kappa shape index (κ2) is 11.4. The fourth-order valence-corrected chi connectivity index (χ4v) is 4.28. The van der Waals surface area contributed by atoms with E-state index in [1.807, 2.05) is 31.2 Å². The van der Waals surface area contributed by atoms with E-state index in [0.717, 1.165) is 18.1 Å². The number of carboxylic acids is 1. The van der Waals surface area contributed by atoms with Crippen LogP contribution in [-0.4, -0.2) is 53.0 Å². The van der Waals surface area contributed by atoms with Gasteiger partial charge in [0, 0.05) is 17.9 Å². The summed E-state index contributed by atoms with van der Waals surface area (Å²) < 4.78 is 5.57. The van der Waals surface area contributed by atoms with Gasteiger partial charge in [0.25, 0.3) is 0 Å². The quantitative estimate of drug-likeness (QED) is 0.387. The zero-order valence-corrected chi connectivity index (χ0v) is 20.4. The van der Waals surface area contributed by atoms with Crippen molar-refractivity contribution in [3.63, 3.8) is 0 Å². The van der Waals surface area contributed by atoms with Gasteiger partial charge in [0.15, 0.2) is 5.60 Å². The number of amides is 2. The Morgan fingerprint density at radius 1 is 1.00 bits per heavy atom. The Bertz CT molecular complexity index is 1020. The third-order valence-electron chi connectivity index (χ3n) is 6.50. The van der Waals surface area contributed by atoms with E-state index in [1.54, 1.807) is 6.92 Å². The van der Waals surface area contributed by atoms with E-state index in [-0.39, 0.29) is 36.9 Å². The van der Waals surface area contributed by atoms with Gasteiger partial charge in [-0.15, -0.1) is 0 Å². The Morgan fingerprint density at radius 2 is 1.57 bits per heavy atom. The van der Waals surface area contributed by atoms with Gasteiger partial charge < -0.3 is 25.6 Å². The summed E-state index contributed by atoms with van der Waals surface area (Å²) in [6.07, 6.45) is 1.45. The number of alkyl carbamates (subject to hydrolysis) is 1. The molecule has 0 radical (unpaired) electrons. The first kappa shape index (κ1) is 26.2. The van der Waals surface area contributed by atoms with Crippen LogP contribution in [0.25, 0.3) is 11.1 Å². The molecule has 3 rings (SSSR count). The van der Waals surface area contributed by atoms with Crippen molar-refractivity contribution >= 4 is 18.0 Å². The topological polar surface area (TPSA) is 125 Å². The zero-order chi connectivity index (χ0) is 25.6. The number of ether oxygens (including phenoxy) is 1. The molecule has 3 unspecified atom stereocenters. The van der Waals surface area contributed by atoms with Gasteiger partial charge >= 0.3 is 12.1 Å². The maximum atomic E-state index is 12.4. The molecule has 3 atom stereocenters. The number of nitrogens with one attached hydrogen (secondary N) is 2. The minimum atomic E-state index is -2.00. The molecule has 0 saturated heterocycles. The van der Waals surface area contributed by atoms with Crippen LogP contribution in [0, 0.1) is 5.92 Å². The van der Waals surface area contributed by atoms with Crippen LogP contribution in [0.4, 0.5) is 4.79 Å². The molecule has 2 aromatic carbocycles. The number of carboxylic acid groups (broad SMARTS) is 1. The molecule has 4 N–H and O–H groups in total. The minimum absolute atomic E-state index is 0.00437. The van der Waals surface area contributed by atoms with Crippen molar-refractivity contribution in [2.75, 3.05) is 13.2 Å². The van der Waals surface area contributed by atoms with Crippen LogP contribution in [0.2, 0.25) is 0 Å². The van der Waals surface area contributed by atoms with E-state index in [9.17, 15) is 19.5 Å². The Hall–Kier alpha value is -3.39. The maximum absolute atomic E-state index is 12.4. The van der Waals surface area contributed by atoms with Crippen molar-refractivity contribution in [3.05, 3.63) is 59.7 Å². The summed E-state index contributed by atoms with van der Waals surface area (Å²) in [5.74, 6) is -2.05. The summed E-state index contributed by atoms with van der Waals surface area (Å²) in [4.78, 5) is 35.5. The number of aliphatic carboxylic acids is 1. The van der Waals surface area contributed by atoms with E-state index in [1.165, 1.54) is 11.1 Å². The van der Waals surface area contributed by atoms with Crippen LogP contribution in [0.15, 0.2) is 48.5 Å². The van der Waals surface area contributed by atoms with Gasteiger partial charge in [0.1, 0.15) is 6.61 Å². The minimum Gasteiger partial charge on any atom is -0.479 e. The second-order valence-electron chi connectivity index (χ2n) is 9.50.